The molecule has 3 aliphatic rings. The highest BCUT2D eigenvalue weighted by molar-refractivity contribution is 9.10. The monoisotopic (exact) mass is 509 g/mol. The van der Waals surface area contributed by atoms with Crippen molar-refractivity contribution in [2.45, 2.75) is 57.2 Å². The largest absolute Gasteiger partial charge is 0.334 e. The Morgan fingerprint density at radius 3 is 2.67 bits per heavy atom. The first-order valence-corrected chi connectivity index (χ1v) is 12.4. The molecule has 1 N–H and O–H groups in total. The van der Waals surface area contributed by atoms with E-state index in [1.165, 1.54) is 6.42 Å². The summed E-state index contributed by atoms with van der Waals surface area (Å²) in [6.07, 6.45) is 4.63. The van der Waals surface area contributed by atoms with Crippen molar-refractivity contribution in [3.8, 4) is 0 Å². The quantitative estimate of drug-likeness (QED) is 0.588. The number of urea groups is 1. The number of carbonyl (C=O) groups excluding carboxylic acids is 3. The molecule has 2 aromatic rings. The van der Waals surface area contributed by atoms with Gasteiger partial charge in [-0.2, -0.15) is 0 Å². The van der Waals surface area contributed by atoms with Crippen molar-refractivity contribution in [2.24, 2.45) is 5.92 Å². The number of amides is 4. The number of aryl methyl sites for hydroxylation is 1. The lowest BCUT2D eigenvalue weighted by molar-refractivity contribution is -0.142. The minimum Gasteiger partial charge on any atom is -0.334 e. The second-order valence-corrected chi connectivity index (χ2v) is 10.4. The molecule has 1 saturated heterocycles. The van der Waals surface area contributed by atoms with Crippen molar-refractivity contribution in [1.29, 1.82) is 0 Å². The molecule has 2 fully saturated rings. The molecule has 0 bridgehead atoms. The predicted octanol–water partition coefficient (Wildman–Crippen LogP) is 4.36. The van der Waals surface area contributed by atoms with Crippen LogP contribution in [0.2, 0.25) is 0 Å². The topological polar surface area (TPSA) is 69.7 Å². The van der Waals surface area contributed by atoms with Crippen molar-refractivity contribution in [2.75, 3.05) is 6.54 Å². The van der Waals surface area contributed by atoms with E-state index in [1.807, 2.05) is 53.4 Å². The Morgan fingerprint density at radius 1 is 1.21 bits per heavy atom. The van der Waals surface area contributed by atoms with Gasteiger partial charge in [0.1, 0.15) is 12.1 Å². The first kappa shape index (κ1) is 22.1. The average molecular weight is 510 g/mol. The number of hydrogen-bond acceptors (Lipinski definition) is 3. The van der Waals surface area contributed by atoms with Crippen LogP contribution in [0.25, 0.3) is 0 Å². The number of nitrogens with one attached hydrogen (secondary N) is 1. The van der Waals surface area contributed by atoms with Gasteiger partial charge in [-0.05, 0) is 67.3 Å². The molecule has 6 nitrogen and oxygen atoms in total. The number of rotatable bonds is 6. The van der Waals surface area contributed by atoms with E-state index in [4.69, 9.17) is 0 Å². The van der Waals surface area contributed by atoms with Gasteiger partial charge >= 0.3 is 6.03 Å². The molecule has 0 radical (unpaired) electrons. The van der Waals surface area contributed by atoms with E-state index in [0.717, 1.165) is 38.9 Å². The Balaban J connectivity index is 1.37. The van der Waals surface area contributed by atoms with Crippen LogP contribution < -0.4 is 5.32 Å². The van der Waals surface area contributed by atoms with E-state index in [9.17, 15) is 14.4 Å². The second-order valence-electron chi connectivity index (χ2n) is 9.47. The molecule has 2 unspecified atom stereocenters. The van der Waals surface area contributed by atoms with Crippen LogP contribution in [-0.2, 0) is 28.1 Å². The first-order chi connectivity index (χ1) is 15.9. The maximum absolute atomic E-state index is 13.5. The summed E-state index contributed by atoms with van der Waals surface area (Å²) < 4.78 is 0.948. The number of imide groups is 1. The Kier molecular flexibility index (Phi) is 5.77. The van der Waals surface area contributed by atoms with Crippen LogP contribution in [0.3, 0.4) is 0 Å². The van der Waals surface area contributed by atoms with Gasteiger partial charge in [-0.15, -0.1) is 0 Å². The van der Waals surface area contributed by atoms with Gasteiger partial charge in [0.25, 0.3) is 5.91 Å². The number of halogens is 1. The van der Waals surface area contributed by atoms with E-state index >= 15 is 0 Å². The molecule has 2 aliphatic carbocycles. The van der Waals surface area contributed by atoms with E-state index in [0.29, 0.717) is 25.3 Å². The third-order valence-corrected chi connectivity index (χ3v) is 8.10. The van der Waals surface area contributed by atoms with Crippen LogP contribution in [0, 0.1) is 5.92 Å². The Morgan fingerprint density at radius 2 is 1.97 bits per heavy atom. The van der Waals surface area contributed by atoms with Crippen LogP contribution >= 0.6 is 15.9 Å². The van der Waals surface area contributed by atoms with Gasteiger partial charge in [0.05, 0.1) is 0 Å². The molecule has 172 valence electrons. The summed E-state index contributed by atoms with van der Waals surface area (Å²) in [4.78, 5) is 42.9. The highest BCUT2D eigenvalue weighted by Crippen LogP contribution is 2.42. The lowest BCUT2D eigenvalue weighted by Gasteiger charge is -2.39. The third-order valence-electron chi connectivity index (χ3n) is 7.61. The van der Waals surface area contributed by atoms with E-state index in [2.05, 4.69) is 28.2 Å². The zero-order valence-electron chi connectivity index (χ0n) is 18.7. The SMILES string of the molecule is CC(C1CCC1)N(Cc1ccccc1)C(=O)CN1C(=O)NC2(CCc3cc(Br)ccc32)C1=O. The van der Waals surface area contributed by atoms with Crippen LogP contribution in [0.1, 0.15) is 49.3 Å². The van der Waals surface area contributed by atoms with E-state index < -0.39 is 11.6 Å². The van der Waals surface area contributed by atoms with Crippen LogP contribution in [0.5, 0.6) is 0 Å². The van der Waals surface area contributed by atoms with Gasteiger partial charge in [-0.25, -0.2) is 4.79 Å². The highest BCUT2D eigenvalue weighted by Gasteiger charge is 2.55. The highest BCUT2D eigenvalue weighted by atomic mass is 79.9. The molecule has 1 spiro atoms. The number of benzene rings is 2. The molecule has 4 amide bonds. The van der Waals surface area contributed by atoms with Crippen molar-refractivity contribution < 1.29 is 14.4 Å². The summed E-state index contributed by atoms with van der Waals surface area (Å²) in [5.74, 6) is -0.0435. The standard InChI is InChI=1S/C26H28BrN3O3/c1-17(19-8-5-9-19)29(15-18-6-3-2-4-7-18)23(31)16-30-24(32)26(28-25(30)33)13-12-20-14-21(27)10-11-22(20)26/h2-4,6-7,10-11,14,17,19H,5,8-9,12-13,15-16H2,1H3,(H,28,33). The third kappa shape index (κ3) is 3.86. The number of nitrogens with zero attached hydrogens (tertiary/aromatic N) is 2. The molecule has 0 aromatic heterocycles. The zero-order chi connectivity index (χ0) is 23.2. The molecular weight excluding hydrogens is 482 g/mol. The van der Waals surface area contributed by atoms with Crippen molar-refractivity contribution in [3.63, 3.8) is 0 Å². The van der Waals surface area contributed by atoms with Crippen molar-refractivity contribution in [1.82, 2.24) is 15.1 Å². The smallest absolute Gasteiger partial charge is 0.325 e. The lowest BCUT2D eigenvalue weighted by Crippen LogP contribution is -2.49. The van der Waals surface area contributed by atoms with Gasteiger partial charge in [0, 0.05) is 17.1 Å². The molecule has 33 heavy (non-hydrogen) atoms. The zero-order valence-corrected chi connectivity index (χ0v) is 20.3. The van der Waals surface area contributed by atoms with E-state index in [1.54, 1.807) is 0 Å². The van der Waals surface area contributed by atoms with Crippen LogP contribution in [-0.4, -0.2) is 40.2 Å². The maximum atomic E-state index is 13.5. The Bertz CT molecular complexity index is 1100. The number of hydrogen-bond donors (Lipinski definition) is 1. The summed E-state index contributed by atoms with van der Waals surface area (Å²) in [6, 6.07) is 15.2. The molecule has 1 saturated carbocycles. The van der Waals surface area contributed by atoms with E-state index in [-0.39, 0.29) is 24.4 Å². The summed E-state index contributed by atoms with van der Waals surface area (Å²) in [6.45, 7) is 2.33. The Labute approximate surface area is 202 Å². The fraction of sp³-hybridized carbons (Fsp3) is 0.423. The summed E-state index contributed by atoms with van der Waals surface area (Å²) >= 11 is 3.48. The normalized spacial score (nSPS) is 22.8. The fourth-order valence-electron chi connectivity index (χ4n) is 5.41. The van der Waals surface area contributed by atoms with Gasteiger partial charge in [0.15, 0.2) is 0 Å². The van der Waals surface area contributed by atoms with Gasteiger partial charge < -0.3 is 10.2 Å². The minimum atomic E-state index is -1.06. The van der Waals surface area contributed by atoms with Crippen LogP contribution in [0.15, 0.2) is 53.0 Å². The summed E-state index contributed by atoms with van der Waals surface area (Å²) in [5, 5.41) is 2.92. The number of fused-ring (bicyclic) bond motifs is 2. The van der Waals surface area contributed by atoms with Gasteiger partial charge in [-0.3, -0.25) is 14.5 Å². The van der Waals surface area contributed by atoms with Gasteiger partial charge in [-0.1, -0.05) is 58.7 Å². The first-order valence-electron chi connectivity index (χ1n) is 11.7. The maximum Gasteiger partial charge on any atom is 0.325 e. The average Bonchev–Trinajstić information content (AvgIpc) is 3.23. The second kappa shape index (κ2) is 8.60. The molecule has 2 aromatic carbocycles. The van der Waals surface area contributed by atoms with Gasteiger partial charge in [0.2, 0.25) is 5.91 Å². The molecule has 2 atom stereocenters. The fourth-order valence-corrected chi connectivity index (χ4v) is 5.81. The summed E-state index contributed by atoms with van der Waals surface area (Å²) in [7, 11) is 0. The molecular formula is C26H28BrN3O3. The molecule has 1 aliphatic heterocycles. The molecule has 5 rings (SSSR count). The van der Waals surface area contributed by atoms with Crippen molar-refractivity contribution >= 4 is 33.8 Å². The van der Waals surface area contributed by atoms with Crippen LogP contribution in [0.4, 0.5) is 4.79 Å². The lowest BCUT2D eigenvalue weighted by atomic mass is 9.79. The number of carbonyl (C=O) groups is 3. The predicted molar refractivity (Wildman–Crippen MR) is 128 cm³/mol. The molecule has 7 heteroatoms. The minimum absolute atomic E-state index is 0.0609. The van der Waals surface area contributed by atoms with Crippen molar-refractivity contribution in [3.05, 3.63) is 69.7 Å². The Hall–Kier alpha value is -2.67. The molecule has 1 heterocycles. The summed E-state index contributed by atoms with van der Waals surface area (Å²) in [5.41, 5.74) is 1.87.